The summed E-state index contributed by atoms with van der Waals surface area (Å²) in [6.07, 6.45) is 0.716. The van der Waals surface area contributed by atoms with Gasteiger partial charge in [0.15, 0.2) is 0 Å². The summed E-state index contributed by atoms with van der Waals surface area (Å²) in [5.41, 5.74) is 4.69. The lowest BCUT2D eigenvalue weighted by Crippen LogP contribution is -2.50. The van der Waals surface area contributed by atoms with Crippen molar-refractivity contribution in [3.63, 3.8) is 0 Å². The van der Waals surface area contributed by atoms with Crippen LogP contribution < -0.4 is 5.32 Å². The Morgan fingerprint density at radius 3 is 2.26 bits per heavy atom. The molecule has 1 spiro atoms. The first-order chi connectivity index (χ1) is 19.4. The van der Waals surface area contributed by atoms with Gasteiger partial charge in [0.1, 0.15) is 0 Å². The van der Waals surface area contributed by atoms with E-state index in [-0.39, 0.29) is 5.41 Å². The van der Waals surface area contributed by atoms with Gasteiger partial charge in [-0.15, -0.1) is 0 Å². The predicted molar refractivity (Wildman–Crippen MR) is 137 cm³/mol. The van der Waals surface area contributed by atoms with Crippen molar-refractivity contribution in [3.05, 3.63) is 29.1 Å². The molecular weight excluding hydrogens is 574 g/mol. The molecular formula is C27H34F6N4O5. The molecule has 15 heteroatoms. The summed E-state index contributed by atoms with van der Waals surface area (Å²) in [5.74, 6) is -2.98. The Morgan fingerprint density at radius 2 is 1.74 bits per heavy atom. The molecule has 6 aliphatic rings. The number of allylic oxidation sites excluding steroid dienone is 1. The molecule has 1 aromatic rings. The highest BCUT2D eigenvalue weighted by Crippen LogP contribution is 2.59. The average molecular weight is 609 g/mol. The number of hydrogen-bond donors (Lipinski definition) is 3. The fourth-order valence-electron chi connectivity index (χ4n) is 6.19. The number of nitrogens with zero attached hydrogens (tertiary/aromatic N) is 3. The maximum absolute atomic E-state index is 10.6. The van der Waals surface area contributed by atoms with Crippen molar-refractivity contribution in [2.45, 2.75) is 76.4 Å². The van der Waals surface area contributed by atoms with Crippen LogP contribution in [-0.4, -0.2) is 81.7 Å². The second-order valence-corrected chi connectivity index (χ2v) is 12.1. The van der Waals surface area contributed by atoms with Gasteiger partial charge < -0.3 is 20.3 Å². The zero-order valence-electron chi connectivity index (χ0n) is 23.2. The molecule has 234 valence electrons. The first kappa shape index (κ1) is 32.0. The number of carbonyl (C=O) groups is 2. The molecule has 4 aliphatic carbocycles. The second kappa shape index (κ2) is 11.6. The van der Waals surface area contributed by atoms with Crippen molar-refractivity contribution in [1.29, 1.82) is 0 Å². The smallest absolute Gasteiger partial charge is 0.475 e. The fraction of sp³-hybridized carbons (Fsp3) is 0.704. The van der Waals surface area contributed by atoms with Gasteiger partial charge >= 0.3 is 24.3 Å². The highest BCUT2D eigenvalue weighted by Gasteiger charge is 2.52. The number of aliphatic carboxylic acids is 2. The third-order valence-electron chi connectivity index (χ3n) is 8.82. The Bertz CT molecular complexity index is 1190. The normalized spacial score (nSPS) is 27.8. The molecule has 3 fully saturated rings. The average Bonchev–Trinajstić information content (AvgIpc) is 3.63. The SMILES string of the molecule is CC1(C)[C@H]2CC=C(CN3CCC4(COCc5cnc(NC6CC6)nc54)C3)[C@@H]1C2.O=C(O)C(F)(F)F.O=C(O)C(F)(F)F. The van der Waals surface area contributed by atoms with E-state index in [2.05, 4.69) is 35.1 Å². The highest BCUT2D eigenvalue weighted by atomic mass is 19.4. The number of carboxylic acid groups (broad SMARTS) is 2. The first-order valence-corrected chi connectivity index (χ1v) is 13.6. The molecule has 42 heavy (non-hydrogen) atoms. The third-order valence-corrected chi connectivity index (χ3v) is 8.82. The van der Waals surface area contributed by atoms with Gasteiger partial charge in [-0.05, 0) is 55.9 Å². The summed E-state index contributed by atoms with van der Waals surface area (Å²) in [7, 11) is 0. The van der Waals surface area contributed by atoms with Crippen LogP contribution in [0.3, 0.4) is 0 Å². The molecule has 1 saturated heterocycles. The second-order valence-electron chi connectivity index (χ2n) is 12.1. The molecule has 1 aromatic heterocycles. The summed E-state index contributed by atoms with van der Waals surface area (Å²) in [6.45, 7) is 9.74. The van der Waals surface area contributed by atoms with Crippen LogP contribution in [0.5, 0.6) is 0 Å². The zero-order valence-corrected chi connectivity index (χ0v) is 23.2. The minimum absolute atomic E-state index is 0.0450. The number of carboxylic acids is 2. The van der Waals surface area contributed by atoms with Crippen LogP contribution in [0.2, 0.25) is 0 Å². The highest BCUT2D eigenvalue weighted by molar-refractivity contribution is 5.73. The standard InChI is InChI=1S/C23H32N4O.2C2HF3O2/c1-22(2)17-4-3-15(19(22)9-17)11-27-8-7-23(13-27)14-28-12-16-10-24-21(26-20(16)23)25-18-5-6-18;2*3-2(4,5)1(6)7/h3,10,17-19H,4-9,11-14H2,1-2H3,(H,24,25,26);2*(H,6,7)/t17-,19-,23?;;/m0../s1. The van der Waals surface area contributed by atoms with Crippen LogP contribution >= 0.6 is 0 Å². The molecule has 3 heterocycles. The molecule has 7 rings (SSSR count). The quantitative estimate of drug-likeness (QED) is 0.327. The van der Waals surface area contributed by atoms with Crippen LogP contribution in [0.25, 0.3) is 0 Å². The number of fused-ring (bicyclic) bond motifs is 3. The number of halogens is 6. The van der Waals surface area contributed by atoms with Crippen molar-refractivity contribution < 1.29 is 50.9 Å². The van der Waals surface area contributed by atoms with Gasteiger partial charge in [-0.1, -0.05) is 25.5 Å². The largest absolute Gasteiger partial charge is 0.490 e. The lowest BCUT2D eigenvalue weighted by molar-refractivity contribution is -0.193. The van der Waals surface area contributed by atoms with Crippen LogP contribution in [-0.2, 0) is 26.3 Å². The molecule has 1 unspecified atom stereocenters. The number of rotatable bonds is 4. The van der Waals surface area contributed by atoms with Gasteiger partial charge in [-0.3, -0.25) is 4.90 Å². The van der Waals surface area contributed by atoms with Crippen molar-refractivity contribution in [3.8, 4) is 0 Å². The third kappa shape index (κ3) is 7.16. The lowest BCUT2D eigenvalue weighted by atomic mass is 9.49. The molecule has 3 atom stereocenters. The molecule has 2 aliphatic heterocycles. The van der Waals surface area contributed by atoms with Crippen LogP contribution in [0, 0.1) is 17.3 Å². The molecule has 3 N–H and O–H groups in total. The maximum Gasteiger partial charge on any atom is 0.490 e. The van der Waals surface area contributed by atoms with Crippen molar-refractivity contribution in [2.75, 3.05) is 31.6 Å². The molecule has 0 aromatic carbocycles. The summed E-state index contributed by atoms with van der Waals surface area (Å²) >= 11 is 0. The first-order valence-electron chi connectivity index (χ1n) is 13.6. The van der Waals surface area contributed by atoms with Gasteiger partial charge in [0.05, 0.1) is 24.3 Å². The molecule has 0 radical (unpaired) electrons. The van der Waals surface area contributed by atoms with E-state index in [0.29, 0.717) is 18.1 Å². The monoisotopic (exact) mass is 608 g/mol. The number of aromatic nitrogens is 2. The van der Waals surface area contributed by atoms with Crippen LogP contribution in [0.15, 0.2) is 17.8 Å². The van der Waals surface area contributed by atoms with E-state index in [9.17, 15) is 26.3 Å². The molecule has 2 saturated carbocycles. The van der Waals surface area contributed by atoms with Gasteiger partial charge in [0.2, 0.25) is 5.95 Å². The van der Waals surface area contributed by atoms with Crippen molar-refractivity contribution in [1.82, 2.24) is 14.9 Å². The van der Waals surface area contributed by atoms with Crippen LogP contribution in [0.4, 0.5) is 32.3 Å². The number of alkyl halides is 6. The number of hydrogen-bond acceptors (Lipinski definition) is 7. The lowest BCUT2D eigenvalue weighted by Gasteiger charge is -2.57. The van der Waals surface area contributed by atoms with E-state index in [1.54, 1.807) is 5.57 Å². The number of anilines is 1. The number of likely N-dealkylation sites (tertiary alicyclic amines) is 1. The Labute approximate surface area is 238 Å². The van der Waals surface area contributed by atoms with Gasteiger partial charge in [0.25, 0.3) is 0 Å². The van der Waals surface area contributed by atoms with Crippen molar-refractivity contribution in [2.24, 2.45) is 17.3 Å². The number of ether oxygens (including phenoxy) is 1. The van der Waals surface area contributed by atoms with E-state index in [0.717, 1.165) is 50.4 Å². The summed E-state index contributed by atoms with van der Waals surface area (Å²) in [5, 5.41) is 17.7. The minimum Gasteiger partial charge on any atom is -0.475 e. The topological polar surface area (TPSA) is 125 Å². The molecule has 0 amide bonds. The Kier molecular flexibility index (Phi) is 8.85. The molecule has 2 bridgehead atoms. The Morgan fingerprint density at radius 1 is 1.12 bits per heavy atom. The van der Waals surface area contributed by atoms with Gasteiger partial charge in [-0.25, -0.2) is 19.6 Å². The summed E-state index contributed by atoms with van der Waals surface area (Å²) in [4.78, 5) is 30.0. The van der Waals surface area contributed by atoms with E-state index in [1.807, 2.05) is 6.20 Å². The number of nitrogens with one attached hydrogen (secondary N) is 1. The zero-order chi connectivity index (χ0) is 31.1. The van der Waals surface area contributed by atoms with Gasteiger partial charge in [-0.2, -0.15) is 26.3 Å². The Hall–Kier alpha value is -2.94. The predicted octanol–water partition coefficient (Wildman–Crippen LogP) is 4.78. The van der Waals surface area contributed by atoms with E-state index in [4.69, 9.17) is 29.5 Å². The Balaban J connectivity index is 0.000000243. The minimum atomic E-state index is -5.08. The van der Waals surface area contributed by atoms with Gasteiger partial charge in [0, 0.05) is 30.9 Å². The summed E-state index contributed by atoms with van der Waals surface area (Å²) < 4.78 is 69.5. The van der Waals surface area contributed by atoms with E-state index >= 15 is 0 Å². The van der Waals surface area contributed by atoms with E-state index in [1.165, 1.54) is 36.9 Å². The molecule has 9 nitrogen and oxygen atoms in total. The fourth-order valence-corrected chi connectivity index (χ4v) is 6.19. The summed E-state index contributed by atoms with van der Waals surface area (Å²) in [6, 6.07) is 0.585. The maximum atomic E-state index is 10.6. The van der Waals surface area contributed by atoms with Crippen LogP contribution in [0.1, 0.15) is 57.2 Å². The van der Waals surface area contributed by atoms with E-state index < -0.39 is 24.3 Å². The van der Waals surface area contributed by atoms with Crippen molar-refractivity contribution >= 4 is 17.9 Å².